The summed E-state index contributed by atoms with van der Waals surface area (Å²) in [6.07, 6.45) is 2.44. The highest BCUT2D eigenvalue weighted by Crippen LogP contribution is 2.28. The van der Waals surface area contributed by atoms with E-state index in [1.165, 1.54) is 36.3 Å². The number of carboxylic acid groups (broad SMARTS) is 1. The first-order valence-electron chi connectivity index (χ1n) is 5.45. The van der Waals surface area contributed by atoms with Gasteiger partial charge >= 0.3 is 5.97 Å². The normalized spacial score (nSPS) is 10.2. The smallest absolute Gasteiger partial charge is 0.337 e. The molecule has 0 aliphatic rings. The fourth-order valence-corrected chi connectivity index (χ4v) is 2.19. The second kappa shape index (κ2) is 5.66. The molecular formula is C12H9N3O4S. The largest absolute Gasteiger partial charge is 0.478 e. The van der Waals surface area contributed by atoms with Crippen LogP contribution in [-0.2, 0) is 0 Å². The van der Waals surface area contributed by atoms with Crippen LogP contribution >= 0.6 is 11.8 Å². The highest BCUT2D eigenvalue weighted by atomic mass is 32.2. The van der Waals surface area contributed by atoms with Gasteiger partial charge in [0, 0.05) is 12.3 Å². The molecule has 0 saturated heterocycles. The van der Waals surface area contributed by atoms with Gasteiger partial charge in [0.1, 0.15) is 16.2 Å². The van der Waals surface area contributed by atoms with Gasteiger partial charge in [0.05, 0.1) is 10.5 Å². The predicted molar refractivity (Wildman–Crippen MR) is 70.9 cm³/mol. The molecule has 8 heteroatoms. The number of aromatic carboxylic acids is 1. The van der Waals surface area contributed by atoms with Crippen LogP contribution in [0.1, 0.15) is 15.9 Å². The molecule has 0 amide bonds. The van der Waals surface area contributed by atoms with Crippen LogP contribution in [0, 0.1) is 17.0 Å². The van der Waals surface area contributed by atoms with E-state index in [-0.39, 0.29) is 11.3 Å². The lowest BCUT2D eigenvalue weighted by atomic mass is 10.3. The van der Waals surface area contributed by atoms with E-state index in [0.29, 0.717) is 15.6 Å². The van der Waals surface area contributed by atoms with E-state index in [4.69, 9.17) is 5.11 Å². The molecule has 7 nitrogen and oxygen atoms in total. The van der Waals surface area contributed by atoms with E-state index in [9.17, 15) is 14.9 Å². The number of hydrogen-bond donors (Lipinski definition) is 1. The topological polar surface area (TPSA) is 106 Å². The van der Waals surface area contributed by atoms with Gasteiger partial charge in [-0.1, -0.05) is 0 Å². The minimum Gasteiger partial charge on any atom is -0.478 e. The van der Waals surface area contributed by atoms with Gasteiger partial charge in [0.25, 0.3) is 5.69 Å². The number of hydrogen-bond acceptors (Lipinski definition) is 6. The summed E-state index contributed by atoms with van der Waals surface area (Å²) in [6.45, 7) is 1.72. The van der Waals surface area contributed by atoms with Gasteiger partial charge in [0.15, 0.2) is 0 Å². The van der Waals surface area contributed by atoms with Gasteiger partial charge in [-0.15, -0.1) is 0 Å². The lowest BCUT2D eigenvalue weighted by Gasteiger charge is -2.03. The Labute approximate surface area is 117 Å². The Hall–Kier alpha value is -2.48. The van der Waals surface area contributed by atoms with Gasteiger partial charge in [-0.2, -0.15) is 0 Å². The molecule has 0 bridgehead atoms. The van der Waals surface area contributed by atoms with Crippen molar-refractivity contribution in [1.29, 1.82) is 0 Å². The zero-order valence-corrected chi connectivity index (χ0v) is 11.1. The van der Waals surface area contributed by atoms with E-state index in [2.05, 4.69) is 9.97 Å². The molecule has 0 saturated carbocycles. The Morgan fingerprint density at radius 2 is 2.10 bits per heavy atom. The molecule has 0 atom stereocenters. The third kappa shape index (κ3) is 3.09. The lowest BCUT2D eigenvalue weighted by molar-refractivity contribution is -0.385. The van der Waals surface area contributed by atoms with Crippen LogP contribution in [-0.4, -0.2) is 26.0 Å². The summed E-state index contributed by atoms with van der Waals surface area (Å²) in [5.41, 5.74) is 0.692. The number of carboxylic acids is 1. The third-order valence-corrected chi connectivity index (χ3v) is 3.48. The van der Waals surface area contributed by atoms with Gasteiger partial charge in [0.2, 0.25) is 0 Å². The van der Waals surface area contributed by atoms with Crippen molar-refractivity contribution < 1.29 is 14.8 Å². The van der Waals surface area contributed by atoms with Crippen LogP contribution < -0.4 is 0 Å². The van der Waals surface area contributed by atoms with E-state index in [1.54, 1.807) is 13.0 Å². The van der Waals surface area contributed by atoms with Crippen LogP contribution in [0.2, 0.25) is 0 Å². The fourth-order valence-electron chi connectivity index (χ4n) is 1.42. The summed E-state index contributed by atoms with van der Waals surface area (Å²) in [6, 6.07) is 4.44. The number of nitro groups is 1. The quantitative estimate of drug-likeness (QED) is 0.681. The molecule has 0 unspecified atom stereocenters. The molecule has 0 aliphatic carbocycles. The van der Waals surface area contributed by atoms with Crippen molar-refractivity contribution in [1.82, 2.24) is 9.97 Å². The molecule has 2 aromatic heterocycles. The highest BCUT2D eigenvalue weighted by molar-refractivity contribution is 7.99. The van der Waals surface area contributed by atoms with Crippen LogP contribution in [0.15, 0.2) is 40.6 Å². The molecule has 2 aromatic rings. The number of pyridine rings is 2. The maximum atomic E-state index is 10.7. The van der Waals surface area contributed by atoms with Gasteiger partial charge in [-0.25, -0.2) is 14.8 Å². The Morgan fingerprint density at radius 3 is 2.60 bits per heavy atom. The van der Waals surface area contributed by atoms with Crippen molar-refractivity contribution >= 4 is 23.4 Å². The summed E-state index contributed by atoms with van der Waals surface area (Å²) >= 11 is 1.22. The molecular weight excluding hydrogens is 282 g/mol. The zero-order valence-electron chi connectivity index (χ0n) is 10.3. The number of rotatable bonds is 4. The number of aryl methyl sites for hydroxylation is 1. The summed E-state index contributed by atoms with van der Waals surface area (Å²) in [5, 5.41) is 20.5. The minimum absolute atomic E-state index is 0.0685. The number of carbonyl (C=O) groups is 1. The maximum Gasteiger partial charge on any atom is 0.337 e. The summed E-state index contributed by atoms with van der Waals surface area (Å²) in [4.78, 5) is 28.8. The Kier molecular flexibility index (Phi) is 3.94. The molecule has 0 radical (unpaired) electrons. The summed E-state index contributed by atoms with van der Waals surface area (Å²) in [7, 11) is 0. The second-order valence-corrected chi connectivity index (χ2v) is 4.87. The van der Waals surface area contributed by atoms with Crippen molar-refractivity contribution in [2.24, 2.45) is 0 Å². The monoisotopic (exact) mass is 291 g/mol. The van der Waals surface area contributed by atoms with Crippen LogP contribution in [0.25, 0.3) is 0 Å². The van der Waals surface area contributed by atoms with Gasteiger partial charge in [-0.05, 0) is 36.4 Å². The number of aromatic nitrogens is 2. The average Bonchev–Trinajstić information content (AvgIpc) is 2.41. The summed E-state index contributed by atoms with van der Waals surface area (Å²) < 4.78 is 0. The number of nitrogens with zero attached hydrogens (tertiary/aromatic N) is 3. The SMILES string of the molecule is Cc1cc([N+](=O)[O-])cnc1Sc1ccc(C(=O)O)cn1. The molecule has 1 N–H and O–H groups in total. The minimum atomic E-state index is -1.04. The van der Waals surface area contributed by atoms with Crippen LogP contribution in [0.5, 0.6) is 0 Å². The van der Waals surface area contributed by atoms with E-state index in [1.807, 2.05) is 0 Å². The van der Waals surface area contributed by atoms with E-state index < -0.39 is 10.9 Å². The van der Waals surface area contributed by atoms with Gasteiger partial charge in [-0.3, -0.25) is 10.1 Å². The molecule has 0 aliphatic heterocycles. The van der Waals surface area contributed by atoms with Crippen molar-refractivity contribution in [2.45, 2.75) is 17.0 Å². The van der Waals surface area contributed by atoms with Crippen LogP contribution in [0.3, 0.4) is 0 Å². The molecule has 2 rings (SSSR count). The first kappa shape index (κ1) is 13.9. The van der Waals surface area contributed by atoms with E-state index >= 15 is 0 Å². The summed E-state index contributed by atoms with van der Waals surface area (Å²) in [5.74, 6) is -1.04. The van der Waals surface area contributed by atoms with Gasteiger partial charge < -0.3 is 5.11 Å². The molecule has 102 valence electrons. The lowest BCUT2D eigenvalue weighted by Crippen LogP contribution is -1.97. The fraction of sp³-hybridized carbons (Fsp3) is 0.0833. The second-order valence-electron chi connectivity index (χ2n) is 3.87. The van der Waals surface area contributed by atoms with Crippen molar-refractivity contribution in [3.05, 3.63) is 51.8 Å². The van der Waals surface area contributed by atoms with E-state index in [0.717, 1.165) is 0 Å². The van der Waals surface area contributed by atoms with Crippen molar-refractivity contribution in [3.63, 3.8) is 0 Å². The highest BCUT2D eigenvalue weighted by Gasteiger charge is 2.11. The van der Waals surface area contributed by atoms with Crippen molar-refractivity contribution in [2.75, 3.05) is 0 Å². The predicted octanol–water partition coefficient (Wildman–Crippen LogP) is 2.54. The Balaban J connectivity index is 2.21. The Morgan fingerprint density at radius 1 is 1.35 bits per heavy atom. The maximum absolute atomic E-state index is 10.7. The molecule has 20 heavy (non-hydrogen) atoms. The molecule has 0 fully saturated rings. The Bertz CT molecular complexity index is 673. The van der Waals surface area contributed by atoms with Crippen molar-refractivity contribution in [3.8, 4) is 0 Å². The zero-order chi connectivity index (χ0) is 14.7. The first-order valence-corrected chi connectivity index (χ1v) is 6.27. The average molecular weight is 291 g/mol. The first-order chi connectivity index (χ1) is 9.47. The third-order valence-electron chi connectivity index (χ3n) is 2.41. The standard InChI is InChI=1S/C12H9N3O4S/c1-7-4-9(15(18)19)6-14-11(7)20-10-3-2-8(5-13-10)12(16)17/h2-6H,1H3,(H,16,17). The molecule has 2 heterocycles. The molecule has 0 spiro atoms. The van der Waals surface area contributed by atoms with Crippen LogP contribution in [0.4, 0.5) is 5.69 Å². The molecule has 0 aromatic carbocycles.